The largest absolute Gasteiger partial charge is 0.383 e. The highest BCUT2D eigenvalue weighted by molar-refractivity contribution is 7.89. The Morgan fingerprint density at radius 1 is 1.32 bits per heavy atom. The van der Waals surface area contributed by atoms with E-state index in [1.807, 2.05) is 0 Å². The highest BCUT2D eigenvalue weighted by atomic mass is 32.2. The minimum atomic E-state index is -3.54. The topological polar surface area (TPSA) is 72.9 Å². The standard InChI is InChI=1S/C18H31NO5S/c1-17(2)15-4-6-18(17,16(20)10-15)13-25(21,22)19(7-9-23-3)11-14-5-8-24-12-14/h14-15H,4-13H2,1-3H3. The van der Waals surface area contributed by atoms with E-state index in [9.17, 15) is 13.2 Å². The number of Topliss-reactive ketones (excluding diaryl/α,β-unsaturated/α-hetero) is 1. The number of hydrogen-bond acceptors (Lipinski definition) is 5. The van der Waals surface area contributed by atoms with Gasteiger partial charge in [-0.05, 0) is 36.5 Å². The molecule has 144 valence electrons. The molecule has 1 aliphatic heterocycles. The fraction of sp³-hybridized carbons (Fsp3) is 0.944. The van der Waals surface area contributed by atoms with Crippen LogP contribution in [0.5, 0.6) is 0 Å². The van der Waals surface area contributed by atoms with Gasteiger partial charge >= 0.3 is 0 Å². The van der Waals surface area contributed by atoms with Gasteiger partial charge in [0.15, 0.2) is 0 Å². The van der Waals surface area contributed by atoms with Gasteiger partial charge in [-0.1, -0.05) is 13.8 Å². The Balaban J connectivity index is 1.80. The molecule has 3 atom stereocenters. The van der Waals surface area contributed by atoms with Crippen LogP contribution in [0, 0.1) is 22.7 Å². The lowest BCUT2D eigenvalue weighted by Crippen LogP contribution is -2.48. The summed E-state index contributed by atoms with van der Waals surface area (Å²) < 4.78 is 38.6. The first-order valence-electron chi connectivity index (χ1n) is 9.31. The SMILES string of the molecule is COCCN(CC1CCOC1)S(=O)(=O)CC12CCC(CC1=O)C2(C)C. The Morgan fingerprint density at radius 3 is 2.60 bits per heavy atom. The average Bonchev–Trinajstić information content (AvgIpc) is 3.17. The lowest BCUT2D eigenvalue weighted by Gasteiger charge is -2.38. The monoisotopic (exact) mass is 373 g/mol. The molecule has 0 aromatic rings. The van der Waals surface area contributed by atoms with Crippen molar-refractivity contribution in [3.05, 3.63) is 0 Å². The van der Waals surface area contributed by atoms with Crippen LogP contribution in [0.1, 0.15) is 39.5 Å². The molecule has 3 fully saturated rings. The van der Waals surface area contributed by atoms with E-state index in [4.69, 9.17) is 9.47 Å². The molecule has 0 aromatic heterocycles. The van der Waals surface area contributed by atoms with E-state index in [0.717, 1.165) is 12.8 Å². The first-order valence-corrected chi connectivity index (χ1v) is 10.9. The number of sulfonamides is 1. The summed E-state index contributed by atoms with van der Waals surface area (Å²) in [6, 6.07) is 0. The third-order valence-corrected chi connectivity index (χ3v) is 8.97. The third kappa shape index (κ3) is 3.29. The highest BCUT2D eigenvalue weighted by Gasteiger charge is 2.65. The fourth-order valence-electron chi connectivity index (χ4n) is 5.06. The molecule has 6 nitrogen and oxygen atoms in total. The molecule has 0 spiro atoms. The van der Waals surface area contributed by atoms with Crippen LogP contribution in [0.2, 0.25) is 0 Å². The number of hydrogen-bond donors (Lipinski definition) is 0. The van der Waals surface area contributed by atoms with E-state index >= 15 is 0 Å². The molecule has 2 saturated carbocycles. The summed E-state index contributed by atoms with van der Waals surface area (Å²) in [4.78, 5) is 12.7. The van der Waals surface area contributed by atoms with Crippen LogP contribution in [-0.2, 0) is 24.3 Å². The second kappa shape index (κ2) is 6.91. The molecule has 1 saturated heterocycles. The Labute approximate surface area is 151 Å². The van der Waals surface area contributed by atoms with Gasteiger partial charge in [-0.15, -0.1) is 0 Å². The minimum Gasteiger partial charge on any atom is -0.383 e. The number of ether oxygens (including phenoxy) is 2. The predicted octanol–water partition coefficient (Wildman–Crippen LogP) is 1.70. The number of ketones is 1. The van der Waals surface area contributed by atoms with E-state index in [1.165, 1.54) is 0 Å². The first-order chi connectivity index (χ1) is 11.7. The minimum absolute atomic E-state index is 0.0559. The highest BCUT2D eigenvalue weighted by Crippen LogP contribution is 2.64. The van der Waals surface area contributed by atoms with Crippen LogP contribution < -0.4 is 0 Å². The molecule has 0 N–H and O–H groups in total. The van der Waals surface area contributed by atoms with Crippen LogP contribution in [0.4, 0.5) is 0 Å². The zero-order valence-corrected chi connectivity index (χ0v) is 16.4. The summed E-state index contributed by atoms with van der Waals surface area (Å²) in [5, 5.41) is 0. The molecule has 1 heterocycles. The van der Waals surface area contributed by atoms with Crippen molar-refractivity contribution >= 4 is 15.8 Å². The van der Waals surface area contributed by atoms with Gasteiger partial charge in [0, 0.05) is 38.6 Å². The molecular formula is C18H31NO5S. The van der Waals surface area contributed by atoms with Crippen molar-refractivity contribution in [1.29, 1.82) is 0 Å². The number of carbonyl (C=O) groups is 1. The molecule has 0 amide bonds. The van der Waals surface area contributed by atoms with Crippen molar-refractivity contribution in [3.63, 3.8) is 0 Å². The Morgan fingerprint density at radius 2 is 2.08 bits per heavy atom. The number of nitrogens with zero attached hydrogens (tertiary/aromatic N) is 1. The van der Waals surface area contributed by atoms with Crippen LogP contribution in [0.25, 0.3) is 0 Å². The van der Waals surface area contributed by atoms with Crippen molar-refractivity contribution in [3.8, 4) is 0 Å². The molecule has 0 radical (unpaired) electrons. The summed E-state index contributed by atoms with van der Waals surface area (Å²) in [6.45, 7) is 6.62. The Hall–Kier alpha value is -0.500. The lowest BCUT2D eigenvalue weighted by molar-refractivity contribution is -0.128. The van der Waals surface area contributed by atoms with E-state index in [0.29, 0.717) is 51.7 Å². The molecule has 0 aromatic carbocycles. The van der Waals surface area contributed by atoms with Gasteiger partial charge in [0.2, 0.25) is 10.0 Å². The maximum Gasteiger partial charge on any atom is 0.215 e. The second-order valence-corrected chi connectivity index (χ2v) is 10.5. The third-order valence-electron chi connectivity index (χ3n) is 6.99. The zero-order valence-electron chi connectivity index (χ0n) is 15.6. The number of rotatable bonds is 8. The number of carbonyl (C=O) groups excluding carboxylic acids is 1. The van der Waals surface area contributed by atoms with Crippen LogP contribution in [0.3, 0.4) is 0 Å². The quantitative estimate of drug-likeness (QED) is 0.647. The van der Waals surface area contributed by atoms with Crippen molar-refractivity contribution in [1.82, 2.24) is 4.31 Å². The molecule has 2 bridgehead atoms. The summed E-state index contributed by atoms with van der Waals surface area (Å²) in [5.41, 5.74) is -0.950. The molecule has 3 rings (SSSR count). The van der Waals surface area contributed by atoms with Gasteiger partial charge in [-0.25, -0.2) is 8.42 Å². The zero-order chi connectivity index (χ0) is 18.3. The number of fused-ring (bicyclic) bond motifs is 2. The van der Waals surface area contributed by atoms with Gasteiger partial charge < -0.3 is 9.47 Å². The summed E-state index contributed by atoms with van der Waals surface area (Å²) in [7, 11) is -1.96. The maximum absolute atomic E-state index is 13.3. The van der Waals surface area contributed by atoms with Crippen LogP contribution in [0.15, 0.2) is 0 Å². The van der Waals surface area contributed by atoms with E-state index < -0.39 is 15.4 Å². The Kier molecular flexibility index (Phi) is 5.32. The van der Waals surface area contributed by atoms with Crippen molar-refractivity contribution in [2.24, 2.45) is 22.7 Å². The second-order valence-electron chi connectivity index (χ2n) is 8.50. The Bertz CT molecular complexity index is 611. The molecule has 2 aliphatic carbocycles. The van der Waals surface area contributed by atoms with E-state index in [1.54, 1.807) is 11.4 Å². The van der Waals surface area contributed by atoms with Crippen LogP contribution >= 0.6 is 0 Å². The van der Waals surface area contributed by atoms with Crippen molar-refractivity contribution < 1.29 is 22.7 Å². The van der Waals surface area contributed by atoms with Gasteiger partial charge in [-0.2, -0.15) is 4.31 Å². The normalized spacial score (nSPS) is 34.3. The lowest BCUT2D eigenvalue weighted by atomic mass is 9.70. The fourth-order valence-corrected chi connectivity index (χ4v) is 7.34. The number of methoxy groups -OCH3 is 1. The molecule has 25 heavy (non-hydrogen) atoms. The van der Waals surface area contributed by atoms with Gasteiger partial charge in [0.25, 0.3) is 0 Å². The van der Waals surface area contributed by atoms with Gasteiger partial charge in [0.1, 0.15) is 5.78 Å². The van der Waals surface area contributed by atoms with E-state index in [-0.39, 0.29) is 22.9 Å². The molecule has 3 unspecified atom stereocenters. The summed E-state index contributed by atoms with van der Waals surface area (Å²) >= 11 is 0. The molecule has 3 aliphatic rings. The molecular weight excluding hydrogens is 342 g/mol. The first kappa shape index (κ1) is 19.3. The smallest absolute Gasteiger partial charge is 0.215 e. The van der Waals surface area contributed by atoms with Crippen LogP contribution in [-0.4, -0.2) is 64.3 Å². The van der Waals surface area contributed by atoms with Gasteiger partial charge in [-0.3, -0.25) is 4.79 Å². The van der Waals surface area contributed by atoms with E-state index in [2.05, 4.69) is 13.8 Å². The van der Waals surface area contributed by atoms with Crippen molar-refractivity contribution in [2.45, 2.75) is 39.5 Å². The van der Waals surface area contributed by atoms with Gasteiger partial charge in [0.05, 0.1) is 19.0 Å². The average molecular weight is 374 g/mol. The summed E-state index contributed by atoms with van der Waals surface area (Å²) in [5.74, 6) is 0.645. The van der Waals surface area contributed by atoms with Crippen molar-refractivity contribution in [2.75, 3.05) is 45.8 Å². The summed E-state index contributed by atoms with van der Waals surface area (Å²) in [6.07, 6.45) is 3.09. The molecule has 7 heteroatoms. The predicted molar refractivity (Wildman–Crippen MR) is 94.7 cm³/mol. The maximum atomic E-state index is 13.3.